The largest absolute Gasteiger partial charge is 0.351 e. The number of carbonyl (C=O) groups is 1. The number of nitrogens with one attached hydrogen (secondary N) is 3. The minimum absolute atomic E-state index is 0.0558. The maximum Gasteiger partial charge on any atom is 0.351 e. The number of para-hydroxylation sites is 2. The first-order valence-electron chi connectivity index (χ1n) is 8.80. The van der Waals surface area contributed by atoms with Crippen molar-refractivity contribution in [1.29, 1.82) is 0 Å². The van der Waals surface area contributed by atoms with Crippen LogP contribution < -0.4 is 15.4 Å². The smallest absolute Gasteiger partial charge is 0.329 e. The number of H-pyrrole nitrogens is 1. The topological polar surface area (TPSA) is 73.7 Å². The third-order valence-electron chi connectivity index (χ3n) is 4.43. The number of rotatable bonds is 5. The second-order valence-electron chi connectivity index (χ2n) is 6.16. The molecule has 0 bridgehead atoms. The number of benzene rings is 2. The van der Waals surface area contributed by atoms with E-state index in [1.807, 2.05) is 60.0 Å². The summed E-state index contributed by atoms with van der Waals surface area (Å²) in [5.41, 5.74) is 8.40. The van der Waals surface area contributed by atoms with Crippen molar-refractivity contribution in [3.63, 3.8) is 0 Å². The van der Waals surface area contributed by atoms with Crippen LogP contribution in [0.25, 0.3) is 22.6 Å². The van der Waals surface area contributed by atoms with E-state index in [9.17, 15) is 4.79 Å². The molecule has 0 radical (unpaired) electrons. The summed E-state index contributed by atoms with van der Waals surface area (Å²) in [5, 5.41) is 5.00. The number of aromatic amines is 1. The van der Waals surface area contributed by atoms with Crippen LogP contribution in [0.5, 0.6) is 0 Å². The summed E-state index contributed by atoms with van der Waals surface area (Å²) in [6, 6.07) is 17.5. The fraction of sp³-hybridized carbons (Fsp3) is 0.150. The molecule has 6 nitrogen and oxygen atoms in total. The number of urea groups is 1. The highest BCUT2D eigenvalue weighted by atomic mass is 32.1. The summed E-state index contributed by atoms with van der Waals surface area (Å²) in [6.45, 7) is 2.05. The third-order valence-corrected chi connectivity index (χ3v) is 5.01. The number of aromatic nitrogens is 3. The van der Waals surface area contributed by atoms with E-state index in [-0.39, 0.29) is 12.1 Å². The summed E-state index contributed by atoms with van der Waals surface area (Å²) >= 11 is 1.51. The monoisotopic (exact) mass is 378 g/mol. The molecule has 2 amide bonds. The number of amides is 2. The lowest BCUT2D eigenvalue weighted by Gasteiger charge is -2.17. The van der Waals surface area contributed by atoms with Gasteiger partial charge in [-0.3, -0.25) is 0 Å². The molecule has 4 rings (SSSR count). The second kappa shape index (κ2) is 7.59. The van der Waals surface area contributed by atoms with Crippen LogP contribution in [-0.4, -0.2) is 16.0 Å². The molecule has 2 heterocycles. The Balaban J connectivity index is 1.63. The molecule has 0 aliphatic carbocycles. The number of fused-ring (bicyclic) bond motifs is 1. The molecule has 27 heavy (non-hydrogen) atoms. The molecule has 0 aliphatic heterocycles. The van der Waals surface area contributed by atoms with Crippen LogP contribution in [0.4, 0.5) is 4.79 Å². The van der Waals surface area contributed by atoms with Crippen molar-refractivity contribution < 1.29 is 9.47 Å². The van der Waals surface area contributed by atoms with Gasteiger partial charge in [0.05, 0.1) is 11.6 Å². The van der Waals surface area contributed by atoms with Crippen LogP contribution in [0.1, 0.15) is 24.9 Å². The highest BCUT2D eigenvalue weighted by Gasteiger charge is 2.24. The summed E-state index contributed by atoms with van der Waals surface area (Å²) in [4.78, 5) is 20.4. The average Bonchev–Trinajstić information content (AvgIpc) is 3.35. The molecule has 0 fully saturated rings. The van der Waals surface area contributed by atoms with Gasteiger partial charge in [-0.1, -0.05) is 49.4 Å². The molecule has 136 valence electrons. The van der Waals surface area contributed by atoms with Gasteiger partial charge in [-0.05, 0) is 24.1 Å². The van der Waals surface area contributed by atoms with Crippen molar-refractivity contribution in [1.82, 2.24) is 15.3 Å². The number of nitrogens with zero attached hydrogens (tertiary/aromatic N) is 2. The van der Waals surface area contributed by atoms with E-state index in [0.29, 0.717) is 0 Å². The Kier molecular flexibility index (Phi) is 4.84. The van der Waals surface area contributed by atoms with E-state index in [2.05, 4.69) is 27.6 Å². The van der Waals surface area contributed by atoms with Crippen molar-refractivity contribution in [2.45, 2.75) is 19.4 Å². The summed E-state index contributed by atoms with van der Waals surface area (Å²) in [5.74, 6) is 0.736. The van der Waals surface area contributed by atoms with E-state index < -0.39 is 0 Å². The Bertz CT molecular complexity index is 1040. The Morgan fingerprint density at radius 2 is 1.96 bits per heavy atom. The zero-order valence-corrected chi connectivity index (χ0v) is 15.7. The maximum absolute atomic E-state index is 12.7. The normalized spacial score (nSPS) is 12.0. The lowest BCUT2D eigenvalue weighted by Crippen LogP contribution is -2.53. The second-order valence-corrected chi connectivity index (χ2v) is 6.88. The molecule has 1 atom stereocenters. The SMILES string of the molecule is CC[C@H](NC(=O)N[n+]1c(-c2cscn2)[nH]c2ccccc21)c1ccccc1. The molecule has 0 spiro atoms. The van der Waals surface area contributed by atoms with Crippen LogP contribution in [0.3, 0.4) is 0 Å². The molecule has 7 heteroatoms. The highest BCUT2D eigenvalue weighted by Crippen LogP contribution is 2.19. The van der Waals surface area contributed by atoms with Crippen LogP contribution >= 0.6 is 11.3 Å². The van der Waals surface area contributed by atoms with E-state index in [1.54, 1.807) is 10.2 Å². The van der Waals surface area contributed by atoms with Crippen LogP contribution in [-0.2, 0) is 0 Å². The Labute approximate surface area is 160 Å². The molecule has 0 saturated heterocycles. The van der Waals surface area contributed by atoms with Crippen molar-refractivity contribution in [2.24, 2.45) is 0 Å². The first-order valence-corrected chi connectivity index (χ1v) is 9.74. The predicted octanol–water partition coefficient (Wildman–Crippen LogP) is 3.98. The van der Waals surface area contributed by atoms with Gasteiger partial charge in [0, 0.05) is 5.38 Å². The molecular formula is C20H20N5OS+. The van der Waals surface area contributed by atoms with Crippen LogP contribution in [0.15, 0.2) is 65.5 Å². The molecular weight excluding hydrogens is 358 g/mol. The first kappa shape index (κ1) is 17.2. The minimum atomic E-state index is -0.267. The predicted molar refractivity (Wildman–Crippen MR) is 107 cm³/mol. The molecule has 4 aromatic rings. The van der Waals surface area contributed by atoms with Gasteiger partial charge in [0.15, 0.2) is 11.2 Å². The van der Waals surface area contributed by atoms with Crippen LogP contribution in [0, 0.1) is 0 Å². The maximum atomic E-state index is 12.7. The Morgan fingerprint density at radius 3 is 2.70 bits per heavy atom. The standard InChI is InChI=1S/C20H19N5OS/c1-2-15(14-8-4-3-5-9-14)23-20(26)24-25-18-11-7-6-10-16(18)22-19(25)17-12-27-13-21-17/h3-13,15H,2H2,1H3,(H2,23,24,26)/p+1/t15-/m0/s1. The van der Waals surface area contributed by atoms with E-state index in [1.165, 1.54) is 11.3 Å². The Hall–Kier alpha value is -3.19. The van der Waals surface area contributed by atoms with Crippen molar-refractivity contribution in [3.05, 3.63) is 71.1 Å². The van der Waals surface area contributed by atoms with Gasteiger partial charge in [-0.25, -0.2) is 14.8 Å². The van der Waals surface area contributed by atoms with Crippen molar-refractivity contribution in [3.8, 4) is 11.5 Å². The lowest BCUT2D eigenvalue weighted by atomic mass is 10.1. The van der Waals surface area contributed by atoms with Crippen molar-refractivity contribution in [2.75, 3.05) is 5.43 Å². The molecule has 2 aromatic heterocycles. The summed E-state index contributed by atoms with van der Waals surface area (Å²) < 4.78 is 1.75. The van der Waals surface area contributed by atoms with Gasteiger partial charge in [-0.2, -0.15) is 5.43 Å². The van der Waals surface area contributed by atoms with Gasteiger partial charge < -0.3 is 5.32 Å². The fourth-order valence-electron chi connectivity index (χ4n) is 3.10. The molecule has 2 aromatic carbocycles. The Morgan fingerprint density at radius 1 is 1.19 bits per heavy atom. The quantitative estimate of drug-likeness (QED) is 0.460. The van der Waals surface area contributed by atoms with Crippen molar-refractivity contribution >= 4 is 28.4 Å². The van der Waals surface area contributed by atoms with Crippen LogP contribution in [0.2, 0.25) is 0 Å². The number of carbonyl (C=O) groups excluding carboxylic acids is 1. The fourth-order valence-corrected chi connectivity index (χ4v) is 3.64. The zero-order valence-electron chi connectivity index (χ0n) is 14.8. The van der Waals surface area contributed by atoms with Gasteiger partial charge in [0.2, 0.25) is 5.52 Å². The van der Waals surface area contributed by atoms with Gasteiger partial charge in [-0.15, -0.1) is 16.0 Å². The highest BCUT2D eigenvalue weighted by molar-refractivity contribution is 7.07. The van der Waals surface area contributed by atoms with E-state index >= 15 is 0 Å². The minimum Gasteiger partial charge on any atom is -0.329 e. The molecule has 0 saturated carbocycles. The molecule has 0 unspecified atom stereocenters. The third kappa shape index (κ3) is 3.54. The van der Waals surface area contributed by atoms with Gasteiger partial charge in [0.25, 0.3) is 0 Å². The van der Waals surface area contributed by atoms with E-state index in [4.69, 9.17) is 0 Å². The number of thiazole rings is 1. The lowest BCUT2D eigenvalue weighted by molar-refractivity contribution is -0.602. The average molecular weight is 378 g/mol. The summed E-state index contributed by atoms with van der Waals surface area (Å²) in [6.07, 6.45) is 0.801. The van der Waals surface area contributed by atoms with E-state index in [0.717, 1.165) is 34.5 Å². The van der Waals surface area contributed by atoms with Gasteiger partial charge >= 0.3 is 11.9 Å². The number of imidazole rings is 1. The number of hydrogen-bond acceptors (Lipinski definition) is 3. The zero-order chi connectivity index (χ0) is 18.6. The molecule has 0 aliphatic rings. The molecule has 3 N–H and O–H groups in total. The first-order chi connectivity index (χ1) is 13.3. The van der Waals surface area contributed by atoms with Gasteiger partial charge in [0.1, 0.15) is 0 Å². The number of hydrogen-bond donors (Lipinski definition) is 3. The summed E-state index contributed by atoms with van der Waals surface area (Å²) in [7, 11) is 0.